The second-order valence-electron chi connectivity index (χ2n) is 3.14. The molecule has 0 aliphatic carbocycles. The van der Waals surface area contributed by atoms with Crippen LogP contribution < -0.4 is 0 Å². The van der Waals surface area contributed by atoms with Gasteiger partial charge in [-0.05, 0) is 18.9 Å². The molecule has 1 heterocycles. The van der Waals surface area contributed by atoms with Gasteiger partial charge in [0.25, 0.3) is 0 Å². The van der Waals surface area contributed by atoms with Crippen molar-refractivity contribution >= 4 is 5.97 Å². The van der Waals surface area contributed by atoms with Crippen molar-refractivity contribution in [1.29, 1.82) is 0 Å². The first-order chi connectivity index (χ1) is 6.20. The molecule has 0 aromatic heterocycles. The average Bonchev–Trinajstić information content (AvgIpc) is 2.08. The van der Waals surface area contributed by atoms with Gasteiger partial charge in [0.05, 0.1) is 19.8 Å². The lowest BCUT2D eigenvalue weighted by Crippen LogP contribution is -2.30. The molecule has 1 aliphatic rings. The van der Waals surface area contributed by atoms with Crippen molar-refractivity contribution in [3.63, 3.8) is 0 Å². The maximum Gasteiger partial charge on any atom is 0.333 e. The Morgan fingerprint density at radius 1 is 1.62 bits per heavy atom. The minimum atomic E-state index is -0.243. The molecule has 0 aromatic carbocycles. The van der Waals surface area contributed by atoms with Crippen LogP contribution in [0.3, 0.4) is 0 Å². The summed E-state index contributed by atoms with van der Waals surface area (Å²) in [6, 6.07) is 0. The molecule has 0 spiro atoms. The molecule has 13 heavy (non-hydrogen) atoms. The Hall–Kier alpha value is -0.830. The fourth-order valence-electron chi connectivity index (χ4n) is 1.53. The van der Waals surface area contributed by atoms with E-state index in [0.717, 1.165) is 25.0 Å². The Kier molecular flexibility index (Phi) is 3.48. The normalized spacial score (nSPS) is 23.2. The summed E-state index contributed by atoms with van der Waals surface area (Å²) in [7, 11) is 1.40. The highest BCUT2D eigenvalue weighted by Gasteiger charge is 2.25. The van der Waals surface area contributed by atoms with Crippen LogP contribution in [0.2, 0.25) is 0 Å². The standard InChI is InChI=1S/C10H16O3/c1-4-8(9-5-6-13-9)7(2)10(11)12-3/h9H,4-6H2,1-3H3. The number of carbonyl (C=O) groups excluding carboxylic acids is 1. The van der Waals surface area contributed by atoms with Crippen LogP contribution in [0, 0.1) is 0 Å². The van der Waals surface area contributed by atoms with Crippen LogP contribution in [0.25, 0.3) is 0 Å². The monoisotopic (exact) mass is 184 g/mol. The summed E-state index contributed by atoms with van der Waals surface area (Å²) in [5.41, 5.74) is 1.78. The van der Waals surface area contributed by atoms with Crippen LogP contribution in [0.5, 0.6) is 0 Å². The Labute approximate surface area is 78.7 Å². The highest BCUT2D eigenvalue weighted by Crippen LogP contribution is 2.25. The van der Waals surface area contributed by atoms with E-state index >= 15 is 0 Å². The van der Waals surface area contributed by atoms with E-state index < -0.39 is 0 Å². The number of ether oxygens (including phenoxy) is 2. The molecule has 1 rings (SSSR count). The molecule has 0 saturated carbocycles. The number of rotatable bonds is 3. The SMILES string of the molecule is CCC(=C(C)C(=O)OC)C1CCO1. The van der Waals surface area contributed by atoms with Gasteiger partial charge in [-0.3, -0.25) is 0 Å². The number of esters is 1. The van der Waals surface area contributed by atoms with Crippen molar-refractivity contribution in [3.05, 3.63) is 11.1 Å². The summed E-state index contributed by atoms with van der Waals surface area (Å²) >= 11 is 0. The van der Waals surface area contributed by atoms with Crippen LogP contribution in [-0.2, 0) is 14.3 Å². The topological polar surface area (TPSA) is 35.5 Å². The molecule has 1 unspecified atom stereocenters. The van der Waals surface area contributed by atoms with Crippen LogP contribution in [-0.4, -0.2) is 25.8 Å². The molecule has 0 N–H and O–H groups in total. The molecule has 0 aromatic rings. The molecule has 0 bridgehead atoms. The third-order valence-corrected chi connectivity index (χ3v) is 2.44. The van der Waals surface area contributed by atoms with Crippen LogP contribution in [0.15, 0.2) is 11.1 Å². The maximum atomic E-state index is 11.2. The second kappa shape index (κ2) is 4.42. The van der Waals surface area contributed by atoms with Gasteiger partial charge in [0, 0.05) is 12.0 Å². The van der Waals surface area contributed by atoms with Crippen LogP contribution >= 0.6 is 0 Å². The summed E-state index contributed by atoms with van der Waals surface area (Å²) in [5.74, 6) is -0.243. The Balaban J connectivity index is 2.76. The van der Waals surface area contributed by atoms with Gasteiger partial charge in [-0.1, -0.05) is 6.92 Å². The zero-order valence-corrected chi connectivity index (χ0v) is 8.42. The third kappa shape index (κ3) is 2.10. The summed E-state index contributed by atoms with van der Waals surface area (Å²) in [4.78, 5) is 11.2. The number of carbonyl (C=O) groups is 1. The Morgan fingerprint density at radius 3 is 2.54 bits per heavy atom. The minimum Gasteiger partial charge on any atom is -0.466 e. The van der Waals surface area contributed by atoms with Gasteiger partial charge in [-0.15, -0.1) is 0 Å². The fourth-order valence-corrected chi connectivity index (χ4v) is 1.53. The van der Waals surface area contributed by atoms with Gasteiger partial charge in [-0.2, -0.15) is 0 Å². The lowest BCUT2D eigenvalue weighted by atomic mass is 9.96. The van der Waals surface area contributed by atoms with E-state index in [-0.39, 0.29) is 12.1 Å². The Morgan fingerprint density at radius 2 is 2.23 bits per heavy atom. The highest BCUT2D eigenvalue weighted by molar-refractivity contribution is 5.88. The van der Waals surface area contributed by atoms with E-state index in [1.54, 1.807) is 6.92 Å². The average molecular weight is 184 g/mol. The fraction of sp³-hybridized carbons (Fsp3) is 0.700. The van der Waals surface area contributed by atoms with Crippen molar-refractivity contribution in [3.8, 4) is 0 Å². The van der Waals surface area contributed by atoms with E-state index in [2.05, 4.69) is 4.74 Å². The number of methoxy groups -OCH3 is 1. The van der Waals surface area contributed by atoms with E-state index in [4.69, 9.17) is 4.74 Å². The van der Waals surface area contributed by atoms with Gasteiger partial charge >= 0.3 is 5.97 Å². The van der Waals surface area contributed by atoms with Gasteiger partial charge < -0.3 is 9.47 Å². The molecule has 1 fully saturated rings. The van der Waals surface area contributed by atoms with Crippen LogP contribution in [0.4, 0.5) is 0 Å². The first-order valence-corrected chi connectivity index (χ1v) is 4.60. The molecule has 1 saturated heterocycles. The molecule has 1 atom stereocenters. The van der Waals surface area contributed by atoms with Crippen molar-refractivity contribution in [2.24, 2.45) is 0 Å². The third-order valence-electron chi connectivity index (χ3n) is 2.44. The molecule has 0 amide bonds. The van der Waals surface area contributed by atoms with Crippen molar-refractivity contribution in [2.75, 3.05) is 13.7 Å². The van der Waals surface area contributed by atoms with Crippen molar-refractivity contribution < 1.29 is 14.3 Å². The maximum absolute atomic E-state index is 11.2. The van der Waals surface area contributed by atoms with Gasteiger partial charge in [0.15, 0.2) is 0 Å². The second-order valence-corrected chi connectivity index (χ2v) is 3.14. The summed E-state index contributed by atoms with van der Waals surface area (Å²) < 4.78 is 10.00. The van der Waals surface area contributed by atoms with Crippen molar-refractivity contribution in [1.82, 2.24) is 0 Å². The lowest BCUT2D eigenvalue weighted by molar-refractivity contribution is -0.136. The molecular weight excluding hydrogens is 168 g/mol. The van der Waals surface area contributed by atoms with E-state index in [0.29, 0.717) is 5.57 Å². The predicted octanol–water partition coefficient (Wildman–Crippen LogP) is 1.67. The van der Waals surface area contributed by atoms with Crippen molar-refractivity contribution in [2.45, 2.75) is 32.8 Å². The first kappa shape index (κ1) is 10.3. The highest BCUT2D eigenvalue weighted by atomic mass is 16.5. The zero-order valence-electron chi connectivity index (χ0n) is 8.42. The van der Waals surface area contributed by atoms with Gasteiger partial charge in [-0.25, -0.2) is 4.79 Å². The Bertz CT molecular complexity index is 226. The largest absolute Gasteiger partial charge is 0.466 e. The van der Waals surface area contributed by atoms with E-state index in [1.807, 2.05) is 6.92 Å². The van der Waals surface area contributed by atoms with Gasteiger partial charge in [0.2, 0.25) is 0 Å². The van der Waals surface area contributed by atoms with Gasteiger partial charge in [0.1, 0.15) is 0 Å². The summed E-state index contributed by atoms with van der Waals surface area (Å²) in [6.07, 6.45) is 2.03. The molecule has 1 aliphatic heterocycles. The number of hydrogen-bond acceptors (Lipinski definition) is 3. The zero-order chi connectivity index (χ0) is 9.84. The lowest BCUT2D eigenvalue weighted by Gasteiger charge is -2.29. The van der Waals surface area contributed by atoms with Crippen LogP contribution in [0.1, 0.15) is 26.7 Å². The van der Waals surface area contributed by atoms with E-state index in [1.165, 1.54) is 7.11 Å². The number of hydrogen-bond donors (Lipinski definition) is 0. The van der Waals surface area contributed by atoms with E-state index in [9.17, 15) is 4.79 Å². The molecule has 3 nitrogen and oxygen atoms in total. The quantitative estimate of drug-likeness (QED) is 0.494. The first-order valence-electron chi connectivity index (χ1n) is 4.60. The molecule has 74 valence electrons. The predicted molar refractivity (Wildman–Crippen MR) is 49.4 cm³/mol. The molecular formula is C10H16O3. The minimum absolute atomic E-state index is 0.157. The molecule has 3 heteroatoms. The summed E-state index contributed by atoms with van der Waals surface area (Å²) in [6.45, 7) is 4.64. The summed E-state index contributed by atoms with van der Waals surface area (Å²) in [5, 5.41) is 0. The molecule has 0 radical (unpaired) electrons. The smallest absolute Gasteiger partial charge is 0.333 e.